The summed E-state index contributed by atoms with van der Waals surface area (Å²) < 4.78 is 13.0. The van der Waals surface area contributed by atoms with Gasteiger partial charge >= 0.3 is 5.97 Å². The van der Waals surface area contributed by atoms with Gasteiger partial charge in [-0.05, 0) is 36.8 Å². The zero-order valence-corrected chi connectivity index (χ0v) is 13.0. The van der Waals surface area contributed by atoms with Crippen LogP contribution in [0.2, 0.25) is 0 Å². The van der Waals surface area contributed by atoms with Crippen LogP contribution in [0.5, 0.6) is 0 Å². The van der Waals surface area contributed by atoms with Crippen LogP contribution in [0, 0.1) is 5.82 Å². The molecule has 0 bridgehead atoms. The summed E-state index contributed by atoms with van der Waals surface area (Å²) >= 11 is 0. The number of amides is 1. The number of halogens is 1. The Labute approximate surface area is 138 Å². The minimum Gasteiger partial charge on any atom is -0.481 e. The maximum atomic E-state index is 13.0. The summed E-state index contributed by atoms with van der Waals surface area (Å²) in [5, 5.41) is 11.9. The van der Waals surface area contributed by atoms with E-state index in [4.69, 9.17) is 0 Å². The number of aliphatic carboxylic acids is 1. The molecule has 0 saturated heterocycles. The smallest absolute Gasteiger partial charge is 0.311 e. The predicted molar refractivity (Wildman–Crippen MR) is 86.5 cm³/mol. The van der Waals surface area contributed by atoms with Gasteiger partial charge in [0, 0.05) is 12.0 Å². The van der Waals surface area contributed by atoms with Crippen molar-refractivity contribution >= 4 is 23.3 Å². The molecule has 6 heteroatoms. The third-order valence-electron chi connectivity index (χ3n) is 3.54. The highest BCUT2D eigenvalue weighted by atomic mass is 19.1. The Kier molecular flexibility index (Phi) is 5.42. The summed E-state index contributed by atoms with van der Waals surface area (Å²) in [6.45, 7) is 1.38. The zero-order valence-electron chi connectivity index (χ0n) is 13.0. The maximum absolute atomic E-state index is 13.0. The molecule has 0 aromatic heterocycles. The van der Waals surface area contributed by atoms with E-state index < -0.39 is 23.6 Å². The Balaban J connectivity index is 2.16. The topological polar surface area (TPSA) is 83.5 Å². The van der Waals surface area contributed by atoms with Crippen molar-refractivity contribution in [2.24, 2.45) is 0 Å². The van der Waals surface area contributed by atoms with Gasteiger partial charge in [-0.2, -0.15) is 0 Å². The van der Waals surface area contributed by atoms with Gasteiger partial charge in [-0.15, -0.1) is 0 Å². The van der Waals surface area contributed by atoms with Crippen LogP contribution in [-0.4, -0.2) is 22.8 Å². The van der Waals surface area contributed by atoms with Crippen molar-refractivity contribution in [2.75, 3.05) is 5.32 Å². The first-order valence-corrected chi connectivity index (χ1v) is 7.26. The van der Waals surface area contributed by atoms with Crippen LogP contribution < -0.4 is 5.32 Å². The van der Waals surface area contributed by atoms with E-state index in [0.29, 0.717) is 16.8 Å². The van der Waals surface area contributed by atoms with Gasteiger partial charge in [-0.1, -0.05) is 24.3 Å². The first-order valence-electron chi connectivity index (χ1n) is 7.26. The molecule has 2 N–H and O–H groups in total. The number of rotatable bonds is 6. The van der Waals surface area contributed by atoms with Gasteiger partial charge < -0.3 is 10.4 Å². The predicted octanol–water partition coefficient (Wildman–Crippen LogP) is 3.23. The Bertz CT molecular complexity index is 771. The van der Waals surface area contributed by atoms with Crippen LogP contribution in [0.1, 0.15) is 35.2 Å². The van der Waals surface area contributed by atoms with Crippen molar-refractivity contribution in [2.45, 2.75) is 19.3 Å². The van der Waals surface area contributed by atoms with Crippen LogP contribution in [0.3, 0.4) is 0 Å². The van der Waals surface area contributed by atoms with Crippen molar-refractivity contribution < 1.29 is 23.9 Å². The number of carboxylic acids is 1. The van der Waals surface area contributed by atoms with Gasteiger partial charge in [-0.25, -0.2) is 4.39 Å². The third-order valence-corrected chi connectivity index (χ3v) is 3.54. The van der Waals surface area contributed by atoms with E-state index in [1.165, 1.54) is 19.1 Å². The molecule has 0 spiro atoms. The molecule has 2 aromatic carbocycles. The molecular weight excluding hydrogens is 313 g/mol. The molecule has 2 rings (SSSR count). The number of ketones is 1. The number of benzene rings is 2. The highest BCUT2D eigenvalue weighted by Gasteiger charge is 2.24. The van der Waals surface area contributed by atoms with Crippen LogP contribution in [-0.2, 0) is 9.59 Å². The Morgan fingerprint density at radius 3 is 2.29 bits per heavy atom. The van der Waals surface area contributed by atoms with E-state index in [1.54, 1.807) is 24.3 Å². The monoisotopic (exact) mass is 329 g/mol. The SMILES string of the molecule is CC(=O)c1ccccc1NC(=O)C[C@H](C(=O)O)c1ccc(F)cc1. The zero-order chi connectivity index (χ0) is 17.7. The lowest BCUT2D eigenvalue weighted by Crippen LogP contribution is -2.21. The maximum Gasteiger partial charge on any atom is 0.311 e. The second kappa shape index (κ2) is 7.50. The summed E-state index contributed by atoms with van der Waals surface area (Å²) in [5.74, 6) is -3.52. The van der Waals surface area contributed by atoms with E-state index >= 15 is 0 Å². The molecule has 24 heavy (non-hydrogen) atoms. The van der Waals surface area contributed by atoms with Gasteiger partial charge in [0.25, 0.3) is 0 Å². The van der Waals surface area contributed by atoms with Gasteiger partial charge in [-0.3, -0.25) is 14.4 Å². The van der Waals surface area contributed by atoms with Crippen LogP contribution in [0.15, 0.2) is 48.5 Å². The van der Waals surface area contributed by atoms with E-state index in [-0.39, 0.29) is 12.2 Å². The quantitative estimate of drug-likeness (QED) is 0.797. The standard InChI is InChI=1S/C18H16FNO4/c1-11(21)14-4-2-3-5-16(14)20-17(22)10-15(18(23)24)12-6-8-13(19)9-7-12/h2-9,15H,10H2,1H3,(H,20,22)(H,23,24)/t15-/m0/s1. The average Bonchev–Trinajstić information content (AvgIpc) is 2.53. The van der Waals surface area contributed by atoms with E-state index in [9.17, 15) is 23.9 Å². The van der Waals surface area contributed by atoms with Crippen molar-refractivity contribution in [1.29, 1.82) is 0 Å². The number of nitrogens with one attached hydrogen (secondary N) is 1. The fourth-order valence-corrected chi connectivity index (χ4v) is 2.33. The minimum atomic E-state index is -1.18. The number of hydrogen-bond donors (Lipinski definition) is 2. The fraction of sp³-hybridized carbons (Fsp3) is 0.167. The van der Waals surface area contributed by atoms with Crippen molar-refractivity contribution in [3.8, 4) is 0 Å². The molecule has 1 atom stereocenters. The highest BCUT2D eigenvalue weighted by molar-refractivity contribution is 6.04. The molecular formula is C18H16FNO4. The number of Topliss-reactive ketones (excluding diaryl/α,β-unsaturated/α-hetero) is 1. The minimum absolute atomic E-state index is 0.209. The lowest BCUT2D eigenvalue weighted by molar-refractivity contribution is -0.140. The summed E-state index contributed by atoms with van der Waals surface area (Å²) in [6.07, 6.45) is -0.326. The molecule has 124 valence electrons. The van der Waals surface area contributed by atoms with Gasteiger partial charge in [0.15, 0.2) is 5.78 Å². The van der Waals surface area contributed by atoms with Gasteiger partial charge in [0.05, 0.1) is 11.6 Å². The Morgan fingerprint density at radius 2 is 1.71 bits per heavy atom. The molecule has 0 aliphatic carbocycles. The largest absolute Gasteiger partial charge is 0.481 e. The third kappa shape index (κ3) is 4.25. The van der Waals surface area contributed by atoms with E-state index in [1.807, 2.05) is 0 Å². The second-order valence-corrected chi connectivity index (χ2v) is 5.30. The number of carbonyl (C=O) groups excluding carboxylic acids is 2. The van der Waals surface area contributed by atoms with Crippen LogP contribution in [0.25, 0.3) is 0 Å². The average molecular weight is 329 g/mol. The lowest BCUT2D eigenvalue weighted by atomic mass is 9.95. The molecule has 0 radical (unpaired) electrons. The first kappa shape index (κ1) is 17.3. The van der Waals surface area contributed by atoms with Crippen molar-refractivity contribution in [1.82, 2.24) is 0 Å². The molecule has 0 saturated carbocycles. The van der Waals surface area contributed by atoms with Crippen LogP contribution in [0.4, 0.5) is 10.1 Å². The molecule has 0 unspecified atom stereocenters. The number of carbonyl (C=O) groups is 3. The fourth-order valence-electron chi connectivity index (χ4n) is 2.33. The number of carboxylic acid groups (broad SMARTS) is 1. The van der Waals surface area contributed by atoms with Crippen molar-refractivity contribution in [3.05, 3.63) is 65.5 Å². The van der Waals surface area contributed by atoms with E-state index in [0.717, 1.165) is 12.1 Å². The number of anilines is 1. The molecule has 2 aromatic rings. The molecule has 0 heterocycles. The number of para-hydroxylation sites is 1. The summed E-state index contributed by atoms with van der Waals surface area (Å²) in [4.78, 5) is 35.2. The molecule has 0 aliphatic rings. The lowest BCUT2D eigenvalue weighted by Gasteiger charge is -2.14. The van der Waals surface area contributed by atoms with Crippen LogP contribution >= 0.6 is 0 Å². The highest BCUT2D eigenvalue weighted by Crippen LogP contribution is 2.22. The van der Waals surface area contributed by atoms with Gasteiger partial charge in [0.1, 0.15) is 5.82 Å². The molecule has 1 amide bonds. The number of hydrogen-bond acceptors (Lipinski definition) is 3. The Hall–Kier alpha value is -3.02. The first-order chi connectivity index (χ1) is 11.4. The summed E-state index contributed by atoms with van der Waals surface area (Å²) in [6, 6.07) is 11.5. The molecule has 5 nitrogen and oxygen atoms in total. The summed E-state index contributed by atoms with van der Waals surface area (Å²) in [5.41, 5.74) is 1.01. The second-order valence-electron chi connectivity index (χ2n) is 5.30. The summed E-state index contributed by atoms with van der Waals surface area (Å²) in [7, 11) is 0. The molecule has 0 aliphatic heterocycles. The van der Waals surface area contributed by atoms with E-state index in [2.05, 4.69) is 5.32 Å². The Morgan fingerprint density at radius 1 is 1.08 bits per heavy atom. The van der Waals surface area contributed by atoms with Gasteiger partial charge in [0.2, 0.25) is 5.91 Å². The normalized spacial score (nSPS) is 11.6. The van der Waals surface area contributed by atoms with Crippen molar-refractivity contribution in [3.63, 3.8) is 0 Å². The molecule has 0 fully saturated rings.